The Kier molecular flexibility index (Phi) is 13.9. The average Bonchev–Trinajstić information content (AvgIpc) is 2.98. The summed E-state index contributed by atoms with van der Waals surface area (Å²) in [5.74, 6) is 2.91. The van der Waals surface area contributed by atoms with E-state index in [1.807, 2.05) is 57.2 Å². The molecular formula is C27H37N2O9P3. The molecular weight excluding hydrogens is 589 g/mol. The van der Waals surface area contributed by atoms with Crippen molar-refractivity contribution in [1.29, 1.82) is 0 Å². The topological polar surface area (TPSA) is 107 Å². The molecule has 0 heterocycles. The minimum absolute atomic E-state index is 0.243. The van der Waals surface area contributed by atoms with E-state index in [0.717, 1.165) is 0 Å². The van der Waals surface area contributed by atoms with Gasteiger partial charge in [0.2, 0.25) is 0 Å². The molecule has 3 atom stereocenters. The Balaban J connectivity index is 2.12. The number of hydrogen-bond acceptors (Lipinski definition) is 10. The van der Waals surface area contributed by atoms with Crippen molar-refractivity contribution in [3.05, 3.63) is 72.8 Å². The first kappa shape index (κ1) is 32.9. The number of nitrogens with zero attached hydrogens (tertiary/aromatic N) is 1. The molecule has 0 saturated heterocycles. The standard InChI is InChI=1S/C27H37N2O9P3/c1-7-33-39(36-25-19-13-10-16-22(25)30-4)28-41(35-9-3,38-27-21-15-12-18-24(27)32-6)29-40(34-8-2)37-26-20-14-11-17-23(26)31-5/h10-21,28H,7-9H2,1-6H3. The van der Waals surface area contributed by atoms with Crippen LogP contribution in [0.15, 0.2) is 77.3 Å². The van der Waals surface area contributed by atoms with Gasteiger partial charge in [-0.1, -0.05) is 36.4 Å². The lowest BCUT2D eigenvalue weighted by Gasteiger charge is -2.29. The Morgan fingerprint density at radius 3 is 1.56 bits per heavy atom. The Morgan fingerprint density at radius 2 is 1.07 bits per heavy atom. The number of methoxy groups -OCH3 is 3. The average molecular weight is 627 g/mol. The second-order valence-electron chi connectivity index (χ2n) is 7.68. The smallest absolute Gasteiger partial charge is 0.378 e. The van der Waals surface area contributed by atoms with Crippen LogP contribution >= 0.6 is 24.7 Å². The third-order valence-electron chi connectivity index (χ3n) is 4.98. The van der Waals surface area contributed by atoms with Crippen LogP contribution < -0.4 is 32.6 Å². The molecule has 224 valence electrons. The third-order valence-corrected chi connectivity index (χ3v) is 10.9. The largest absolute Gasteiger partial charge is 0.493 e. The molecule has 0 fully saturated rings. The number of ether oxygens (including phenoxy) is 3. The molecule has 3 aromatic carbocycles. The van der Waals surface area contributed by atoms with Crippen LogP contribution in [0.5, 0.6) is 34.5 Å². The van der Waals surface area contributed by atoms with Gasteiger partial charge in [-0.2, -0.15) is 0 Å². The van der Waals surface area contributed by atoms with Gasteiger partial charge in [-0.05, 0) is 57.2 Å². The Labute approximate surface area is 244 Å². The lowest BCUT2D eigenvalue weighted by atomic mass is 10.3. The summed E-state index contributed by atoms with van der Waals surface area (Å²) in [5.41, 5.74) is 0. The summed E-state index contributed by atoms with van der Waals surface area (Å²) in [7, 11) is -2.61. The summed E-state index contributed by atoms with van der Waals surface area (Å²) in [6.07, 6.45) is 0. The zero-order chi connectivity index (χ0) is 29.5. The van der Waals surface area contributed by atoms with Gasteiger partial charge < -0.3 is 41.4 Å². The van der Waals surface area contributed by atoms with Crippen molar-refractivity contribution in [2.45, 2.75) is 20.8 Å². The Morgan fingerprint density at radius 1 is 0.610 bits per heavy atom. The van der Waals surface area contributed by atoms with Crippen molar-refractivity contribution in [3.63, 3.8) is 0 Å². The van der Waals surface area contributed by atoms with Crippen LogP contribution in [0.2, 0.25) is 0 Å². The molecule has 3 unspecified atom stereocenters. The highest BCUT2D eigenvalue weighted by molar-refractivity contribution is 7.70. The second-order valence-corrected chi connectivity index (χ2v) is 12.6. The lowest BCUT2D eigenvalue weighted by Crippen LogP contribution is -2.17. The SMILES string of the molecule is CCOP(N=P(NP(OCC)Oc1ccccc1OC)(OCC)Oc1ccccc1OC)Oc1ccccc1OC. The van der Waals surface area contributed by atoms with Gasteiger partial charge in [0.25, 0.3) is 0 Å². The van der Waals surface area contributed by atoms with E-state index < -0.39 is 24.7 Å². The zero-order valence-corrected chi connectivity index (χ0v) is 26.7. The van der Waals surface area contributed by atoms with E-state index >= 15 is 0 Å². The first-order valence-corrected chi connectivity index (χ1v) is 16.7. The van der Waals surface area contributed by atoms with Crippen LogP contribution in [0.1, 0.15) is 20.8 Å². The van der Waals surface area contributed by atoms with Gasteiger partial charge in [0, 0.05) is 0 Å². The minimum atomic E-state index is -3.48. The van der Waals surface area contributed by atoms with E-state index in [2.05, 4.69) is 4.86 Å². The highest BCUT2D eigenvalue weighted by Crippen LogP contribution is 2.63. The van der Waals surface area contributed by atoms with Crippen molar-refractivity contribution >= 4 is 24.7 Å². The van der Waals surface area contributed by atoms with Gasteiger partial charge in [-0.15, -0.1) is 9.37 Å². The normalized spacial score (nSPS) is 13.8. The van der Waals surface area contributed by atoms with E-state index in [4.69, 9.17) is 45.9 Å². The molecule has 0 aliphatic heterocycles. The molecule has 0 amide bonds. The van der Waals surface area contributed by atoms with Crippen molar-refractivity contribution in [3.8, 4) is 34.5 Å². The molecule has 0 saturated carbocycles. The minimum Gasteiger partial charge on any atom is -0.493 e. The molecule has 3 rings (SSSR count). The van der Waals surface area contributed by atoms with Gasteiger partial charge in [0.05, 0.1) is 41.2 Å². The molecule has 0 aromatic heterocycles. The second kappa shape index (κ2) is 17.4. The summed E-state index contributed by atoms with van der Waals surface area (Å²) in [6.45, 7) is 6.46. The predicted octanol–water partition coefficient (Wildman–Crippen LogP) is 8.35. The van der Waals surface area contributed by atoms with Crippen LogP contribution in [0.3, 0.4) is 0 Å². The van der Waals surface area contributed by atoms with E-state index in [9.17, 15) is 0 Å². The van der Waals surface area contributed by atoms with Gasteiger partial charge in [-0.3, -0.25) is 0 Å². The van der Waals surface area contributed by atoms with Crippen LogP contribution in [-0.4, -0.2) is 41.2 Å². The van der Waals surface area contributed by atoms with Gasteiger partial charge >= 0.3 is 24.7 Å². The van der Waals surface area contributed by atoms with Crippen molar-refractivity contribution in [1.82, 2.24) is 4.86 Å². The van der Waals surface area contributed by atoms with E-state index in [0.29, 0.717) is 47.7 Å². The van der Waals surface area contributed by atoms with Crippen molar-refractivity contribution in [2.24, 2.45) is 4.52 Å². The van der Waals surface area contributed by atoms with Gasteiger partial charge in [-0.25, -0.2) is 0 Å². The molecule has 0 radical (unpaired) electrons. The monoisotopic (exact) mass is 626 g/mol. The van der Waals surface area contributed by atoms with Crippen LogP contribution in [0, 0.1) is 0 Å². The highest BCUT2D eigenvalue weighted by Gasteiger charge is 2.35. The lowest BCUT2D eigenvalue weighted by molar-refractivity contribution is 0.297. The molecule has 0 aliphatic rings. The molecule has 0 bridgehead atoms. The summed E-state index contributed by atoms with van der Waals surface area (Å²) in [6, 6.07) is 21.7. The van der Waals surface area contributed by atoms with Gasteiger partial charge in [0.1, 0.15) is 0 Å². The number of para-hydroxylation sites is 6. The van der Waals surface area contributed by atoms with Crippen LogP contribution in [0.4, 0.5) is 0 Å². The Bertz CT molecular complexity index is 1270. The molecule has 0 spiro atoms. The Hall–Kier alpha value is -2.61. The van der Waals surface area contributed by atoms with Crippen LogP contribution in [-0.2, 0) is 13.6 Å². The summed E-state index contributed by atoms with van der Waals surface area (Å²) in [5, 5.41) is 0. The van der Waals surface area contributed by atoms with Crippen molar-refractivity contribution in [2.75, 3.05) is 41.2 Å². The number of benzene rings is 3. The number of rotatable bonds is 18. The maximum Gasteiger partial charge on any atom is 0.378 e. The third kappa shape index (κ3) is 9.73. The number of hydrogen-bond donors (Lipinski definition) is 1. The quantitative estimate of drug-likeness (QED) is 0.138. The number of nitrogens with one attached hydrogen (secondary N) is 1. The van der Waals surface area contributed by atoms with Gasteiger partial charge in [0.15, 0.2) is 34.5 Å². The fourth-order valence-corrected chi connectivity index (χ4v) is 8.92. The van der Waals surface area contributed by atoms with Crippen LogP contribution in [0.25, 0.3) is 0 Å². The molecule has 14 heteroatoms. The van der Waals surface area contributed by atoms with E-state index in [1.54, 1.807) is 57.7 Å². The molecule has 0 aliphatic carbocycles. The predicted molar refractivity (Wildman–Crippen MR) is 162 cm³/mol. The fraction of sp³-hybridized carbons (Fsp3) is 0.333. The summed E-state index contributed by atoms with van der Waals surface area (Å²) in [4.78, 5) is 3.31. The first-order valence-electron chi connectivity index (χ1n) is 12.9. The first-order chi connectivity index (χ1) is 20.0. The molecule has 1 N–H and O–H groups in total. The maximum atomic E-state index is 6.54. The van der Waals surface area contributed by atoms with Crippen molar-refractivity contribution < 1.29 is 41.4 Å². The maximum absolute atomic E-state index is 6.54. The summed E-state index contributed by atoms with van der Waals surface area (Å²) >= 11 is 0. The highest BCUT2D eigenvalue weighted by atomic mass is 31.3. The zero-order valence-electron chi connectivity index (χ0n) is 24.0. The van der Waals surface area contributed by atoms with E-state index in [1.165, 1.54) is 0 Å². The van der Waals surface area contributed by atoms with E-state index in [-0.39, 0.29) is 6.61 Å². The molecule has 3 aromatic rings. The molecule has 11 nitrogen and oxygen atoms in total. The fourth-order valence-electron chi connectivity index (χ4n) is 3.28. The molecule has 41 heavy (non-hydrogen) atoms. The summed E-state index contributed by atoms with van der Waals surface area (Å²) < 4.78 is 58.7.